The van der Waals surface area contributed by atoms with Crippen LogP contribution in [-0.2, 0) is 27.9 Å². The minimum atomic E-state index is -3.79. The summed E-state index contributed by atoms with van der Waals surface area (Å²) in [5.41, 5.74) is 3.58. The Hall–Kier alpha value is -3.09. The van der Waals surface area contributed by atoms with Gasteiger partial charge in [-0.15, -0.1) is 11.3 Å². The zero-order valence-electron chi connectivity index (χ0n) is 20.2. The Kier molecular flexibility index (Phi) is 9.69. The summed E-state index contributed by atoms with van der Waals surface area (Å²) in [6.45, 7) is 8.66. The molecule has 0 spiro atoms. The first-order valence-electron chi connectivity index (χ1n) is 10.6. The van der Waals surface area contributed by atoms with Crippen LogP contribution in [0, 0.1) is 12.7 Å². The molecule has 0 bridgehead atoms. The van der Waals surface area contributed by atoms with Crippen molar-refractivity contribution in [2.45, 2.75) is 51.2 Å². The number of nitrogens with zero attached hydrogens (tertiary/aromatic N) is 3. The number of aromatic nitrogens is 2. The van der Waals surface area contributed by atoms with Crippen molar-refractivity contribution in [2.75, 3.05) is 17.1 Å². The fraction of sp³-hybridized carbons (Fsp3) is 0.348. The largest absolute Gasteiger partial charge is 0.483 e. The van der Waals surface area contributed by atoms with Crippen LogP contribution < -0.4 is 10.0 Å². The fourth-order valence-electron chi connectivity index (χ4n) is 2.95. The first-order valence-corrected chi connectivity index (χ1v) is 13.0. The Bertz CT molecular complexity index is 1230. The number of hydrogen-bond donors (Lipinski definition) is 3. The molecule has 1 aromatic carbocycles. The third-order valence-electron chi connectivity index (χ3n) is 5.24. The highest BCUT2D eigenvalue weighted by Crippen LogP contribution is 2.23. The molecule has 2 heterocycles. The second-order valence-corrected chi connectivity index (χ2v) is 11.1. The van der Waals surface area contributed by atoms with Crippen molar-refractivity contribution >= 4 is 39.5 Å². The number of nitrogens with one attached hydrogen (secondary N) is 2. The molecule has 190 valence electrons. The molecule has 0 radical (unpaired) electrons. The number of sulfonamides is 1. The first-order chi connectivity index (χ1) is 16.4. The quantitative estimate of drug-likeness (QED) is 0.373. The molecule has 3 rings (SSSR count). The van der Waals surface area contributed by atoms with Crippen molar-refractivity contribution in [2.24, 2.45) is 0 Å². The van der Waals surface area contributed by atoms with Gasteiger partial charge in [-0.25, -0.2) is 22.8 Å². The van der Waals surface area contributed by atoms with Gasteiger partial charge in [-0.1, -0.05) is 12.1 Å². The standard InChI is InChI=1S/C22H28FN5O2S2.CH2O2/c1-15-9-17(32(29,30)27-20-13-31-14-26-20)10-24-21(15)25-11-18-16(7-6-8-19(18)23)12-28(5)22(2,3)4;2-1-3/h6-10,13-14,27H,11-12H2,1-5H3,(H,24,25);1H,(H,2,3). The predicted octanol–water partition coefficient (Wildman–Crippen LogP) is 4.33. The van der Waals surface area contributed by atoms with Gasteiger partial charge in [0.05, 0.1) is 5.51 Å². The van der Waals surface area contributed by atoms with Crippen LogP contribution in [0.3, 0.4) is 0 Å². The number of anilines is 2. The van der Waals surface area contributed by atoms with Gasteiger partial charge in [0, 0.05) is 35.8 Å². The highest BCUT2D eigenvalue weighted by atomic mass is 32.2. The molecule has 0 aliphatic carbocycles. The Morgan fingerprint density at radius 1 is 1.26 bits per heavy atom. The maximum atomic E-state index is 14.6. The summed E-state index contributed by atoms with van der Waals surface area (Å²) in [5.74, 6) is 0.472. The van der Waals surface area contributed by atoms with Crippen LogP contribution in [0.15, 0.2) is 46.2 Å². The molecular weight excluding hydrogens is 493 g/mol. The summed E-state index contributed by atoms with van der Waals surface area (Å²) in [4.78, 5) is 18.8. The lowest BCUT2D eigenvalue weighted by molar-refractivity contribution is -0.122. The molecule has 0 saturated carbocycles. The molecule has 0 amide bonds. The number of rotatable bonds is 8. The monoisotopic (exact) mass is 523 g/mol. The molecule has 2 aromatic heterocycles. The Morgan fingerprint density at radius 3 is 2.51 bits per heavy atom. The predicted molar refractivity (Wildman–Crippen MR) is 136 cm³/mol. The molecule has 0 unspecified atom stereocenters. The van der Waals surface area contributed by atoms with Gasteiger partial charge in [0.1, 0.15) is 16.5 Å². The molecule has 12 heteroatoms. The lowest BCUT2D eigenvalue weighted by Crippen LogP contribution is -2.37. The van der Waals surface area contributed by atoms with Crippen LogP contribution in [0.2, 0.25) is 0 Å². The Balaban J connectivity index is 0.00000137. The van der Waals surface area contributed by atoms with Crippen LogP contribution in [0.1, 0.15) is 37.5 Å². The average Bonchev–Trinajstić information content (AvgIpc) is 3.26. The van der Waals surface area contributed by atoms with E-state index in [9.17, 15) is 12.8 Å². The van der Waals surface area contributed by atoms with E-state index in [2.05, 4.69) is 45.7 Å². The summed E-state index contributed by atoms with van der Waals surface area (Å²) in [7, 11) is -1.79. The van der Waals surface area contributed by atoms with E-state index in [1.807, 2.05) is 13.1 Å². The molecule has 0 fully saturated rings. The van der Waals surface area contributed by atoms with E-state index < -0.39 is 10.0 Å². The highest BCUT2D eigenvalue weighted by molar-refractivity contribution is 7.92. The molecular formula is C23H30FN5O4S2. The molecule has 0 aliphatic heterocycles. The third-order valence-corrected chi connectivity index (χ3v) is 7.14. The van der Waals surface area contributed by atoms with Crippen molar-refractivity contribution < 1.29 is 22.7 Å². The fourth-order valence-corrected chi connectivity index (χ4v) is 4.54. The molecule has 9 nitrogen and oxygen atoms in total. The number of benzene rings is 1. The smallest absolute Gasteiger partial charge is 0.290 e. The zero-order chi connectivity index (χ0) is 26.2. The minimum absolute atomic E-state index is 0.0342. The molecule has 3 N–H and O–H groups in total. The van der Waals surface area contributed by atoms with E-state index in [1.165, 1.54) is 29.7 Å². The van der Waals surface area contributed by atoms with Gasteiger partial charge in [0.25, 0.3) is 16.5 Å². The van der Waals surface area contributed by atoms with Gasteiger partial charge < -0.3 is 10.4 Å². The normalized spacial score (nSPS) is 11.5. The van der Waals surface area contributed by atoms with Crippen molar-refractivity contribution in [3.63, 3.8) is 0 Å². The lowest BCUT2D eigenvalue weighted by Gasteiger charge is -2.32. The number of aryl methyl sites for hydroxylation is 1. The zero-order valence-corrected chi connectivity index (χ0v) is 21.9. The van der Waals surface area contributed by atoms with Gasteiger partial charge in [-0.3, -0.25) is 14.4 Å². The number of carbonyl (C=O) groups is 1. The number of pyridine rings is 1. The van der Waals surface area contributed by atoms with E-state index in [1.54, 1.807) is 23.9 Å². The summed E-state index contributed by atoms with van der Waals surface area (Å²) in [6, 6.07) is 6.60. The molecule has 0 saturated heterocycles. The van der Waals surface area contributed by atoms with Crippen LogP contribution in [0.5, 0.6) is 0 Å². The maximum Gasteiger partial charge on any atom is 0.290 e. The summed E-state index contributed by atoms with van der Waals surface area (Å²) in [5, 5.41) is 11.6. The van der Waals surface area contributed by atoms with Gasteiger partial charge in [-0.2, -0.15) is 0 Å². The Labute approximate surface area is 209 Å². The van der Waals surface area contributed by atoms with E-state index >= 15 is 0 Å². The van der Waals surface area contributed by atoms with E-state index in [0.29, 0.717) is 23.5 Å². The van der Waals surface area contributed by atoms with Gasteiger partial charge >= 0.3 is 0 Å². The number of hydrogen-bond acceptors (Lipinski definition) is 8. The van der Waals surface area contributed by atoms with Crippen LogP contribution in [0.4, 0.5) is 16.0 Å². The first kappa shape index (κ1) is 28.1. The van der Waals surface area contributed by atoms with Crippen molar-refractivity contribution in [1.29, 1.82) is 0 Å². The lowest BCUT2D eigenvalue weighted by atomic mass is 10.0. The SMILES string of the molecule is Cc1cc(S(=O)(=O)Nc2cscn2)cnc1NCc1c(F)cccc1CN(C)C(C)(C)C.O=CO. The van der Waals surface area contributed by atoms with E-state index in [-0.39, 0.29) is 35.1 Å². The second kappa shape index (κ2) is 12.0. The van der Waals surface area contributed by atoms with Gasteiger partial charge in [-0.05, 0) is 58.0 Å². The van der Waals surface area contributed by atoms with Gasteiger partial charge in [0.2, 0.25) is 0 Å². The summed E-state index contributed by atoms with van der Waals surface area (Å²) in [6.07, 6.45) is 1.28. The second-order valence-electron chi connectivity index (χ2n) is 8.68. The van der Waals surface area contributed by atoms with Gasteiger partial charge in [0.15, 0.2) is 5.82 Å². The maximum absolute atomic E-state index is 14.6. The summed E-state index contributed by atoms with van der Waals surface area (Å²) < 4.78 is 42.2. The number of halogens is 1. The van der Waals surface area contributed by atoms with E-state index in [4.69, 9.17) is 9.90 Å². The number of thiazole rings is 1. The van der Waals surface area contributed by atoms with Crippen LogP contribution >= 0.6 is 11.3 Å². The van der Waals surface area contributed by atoms with Crippen LogP contribution in [0.25, 0.3) is 0 Å². The number of carboxylic acid groups (broad SMARTS) is 1. The highest BCUT2D eigenvalue weighted by Gasteiger charge is 2.20. The topological polar surface area (TPSA) is 125 Å². The third kappa shape index (κ3) is 7.98. The molecule has 0 atom stereocenters. The van der Waals surface area contributed by atoms with Crippen LogP contribution in [-0.4, -0.2) is 47.5 Å². The molecule has 35 heavy (non-hydrogen) atoms. The van der Waals surface area contributed by atoms with E-state index in [0.717, 1.165) is 5.56 Å². The Morgan fingerprint density at radius 2 is 1.94 bits per heavy atom. The van der Waals surface area contributed by atoms with Crippen molar-refractivity contribution in [3.05, 3.63) is 63.9 Å². The molecule has 0 aliphatic rings. The average molecular weight is 524 g/mol. The molecule has 3 aromatic rings. The van der Waals surface area contributed by atoms with Crippen molar-refractivity contribution in [3.8, 4) is 0 Å². The minimum Gasteiger partial charge on any atom is -0.483 e. The summed E-state index contributed by atoms with van der Waals surface area (Å²) >= 11 is 1.30. The van der Waals surface area contributed by atoms with Crippen molar-refractivity contribution in [1.82, 2.24) is 14.9 Å².